The molecule has 0 unspecified atom stereocenters. The number of hydrogen-bond acceptors (Lipinski definition) is 0. The molecule has 0 heterocycles. The van der Waals surface area contributed by atoms with Gasteiger partial charge < -0.3 is 0 Å². The maximum atomic E-state index is 12.2. The van der Waals surface area contributed by atoms with Gasteiger partial charge in [0.15, 0.2) is 0 Å². The van der Waals surface area contributed by atoms with Gasteiger partial charge in [0, 0.05) is 0 Å². The fourth-order valence-electron chi connectivity index (χ4n) is 0.713. The maximum Gasteiger partial charge on any atom is 0.416 e. The summed E-state index contributed by atoms with van der Waals surface area (Å²) in [4.78, 5) is 0. The van der Waals surface area contributed by atoms with E-state index in [-0.39, 0.29) is 0 Å². The highest BCUT2D eigenvalue weighted by Gasteiger charge is 2.30. The van der Waals surface area contributed by atoms with Crippen LogP contribution in [0.25, 0.3) is 0 Å². The Kier molecular flexibility index (Phi) is 4.98. The summed E-state index contributed by atoms with van der Waals surface area (Å²) in [7, 11) is 0. The zero-order valence-corrected chi connectivity index (χ0v) is 7.57. The Morgan fingerprint density at radius 3 is 2.38 bits per heavy atom. The fraction of sp³-hybridized carbons (Fsp3) is 0.400. The van der Waals surface area contributed by atoms with Gasteiger partial charge in [-0.3, -0.25) is 0 Å². The molecule has 0 rings (SSSR count). The molecule has 0 fully saturated rings. The summed E-state index contributed by atoms with van der Waals surface area (Å²) in [5, 5.41) is 0. The van der Waals surface area contributed by atoms with Crippen LogP contribution in [0.2, 0.25) is 0 Å². The Morgan fingerprint density at radius 2 is 2.00 bits per heavy atom. The molecule has 0 aromatic carbocycles. The Labute approximate surface area is 76.1 Å². The van der Waals surface area contributed by atoms with Gasteiger partial charge in [-0.15, -0.1) is 5.92 Å². The molecule has 0 spiro atoms. The third-order valence-corrected chi connectivity index (χ3v) is 1.24. The summed E-state index contributed by atoms with van der Waals surface area (Å²) in [5.41, 5.74) is -0.641. The molecule has 0 aliphatic carbocycles. The Morgan fingerprint density at radius 1 is 1.38 bits per heavy atom. The quantitative estimate of drug-likeness (QED) is 0.459. The highest BCUT2D eigenvalue weighted by molar-refractivity contribution is 5.29. The summed E-state index contributed by atoms with van der Waals surface area (Å²) in [6, 6.07) is 0. The Bertz CT molecular complexity index is 258. The second-order valence-corrected chi connectivity index (χ2v) is 2.29. The van der Waals surface area contributed by atoms with Crippen LogP contribution >= 0.6 is 0 Å². The van der Waals surface area contributed by atoms with Crippen molar-refractivity contribution >= 4 is 0 Å². The van der Waals surface area contributed by atoms with Gasteiger partial charge in [0.2, 0.25) is 0 Å². The molecule has 0 atom stereocenters. The molecule has 72 valence electrons. The van der Waals surface area contributed by atoms with Crippen molar-refractivity contribution in [2.75, 3.05) is 0 Å². The van der Waals surface area contributed by atoms with E-state index in [2.05, 4.69) is 11.8 Å². The number of allylic oxidation sites excluding steroid dienone is 4. The van der Waals surface area contributed by atoms with Crippen LogP contribution in [0, 0.1) is 11.8 Å². The largest absolute Gasteiger partial charge is 0.416 e. The van der Waals surface area contributed by atoms with Crippen molar-refractivity contribution in [1.29, 1.82) is 0 Å². The normalized spacial score (nSPS) is 12.8. The summed E-state index contributed by atoms with van der Waals surface area (Å²) in [5.74, 6) is 4.92. The first-order valence-corrected chi connectivity index (χ1v) is 3.88. The van der Waals surface area contributed by atoms with Crippen LogP contribution in [0.1, 0.15) is 20.3 Å². The molecule has 0 radical (unpaired) electrons. The number of rotatable bonds is 2. The first-order chi connectivity index (χ1) is 6.02. The standard InChI is InChI=1S/C10H11F3/c1-3-5-6-8-9(7-4-2)10(11,12)13/h6-8H,4H2,1-2H3/b8-6-,9-7+. The van der Waals surface area contributed by atoms with Crippen LogP contribution < -0.4 is 0 Å². The van der Waals surface area contributed by atoms with Crippen molar-refractivity contribution in [3.63, 3.8) is 0 Å². The number of halogens is 3. The maximum absolute atomic E-state index is 12.2. The van der Waals surface area contributed by atoms with Gasteiger partial charge in [0.05, 0.1) is 5.57 Å². The summed E-state index contributed by atoms with van der Waals surface area (Å²) >= 11 is 0. The van der Waals surface area contributed by atoms with Crippen LogP contribution in [0.15, 0.2) is 23.8 Å². The van der Waals surface area contributed by atoms with Crippen molar-refractivity contribution in [1.82, 2.24) is 0 Å². The average molecular weight is 188 g/mol. The summed E-state index contributed by atoms with van der Waals surface area (Å²) in [6.07, 6.45) is -0.594. The van der Waals surface area contributed by atoms with Crippen molar-refractivity contribution in [3.05, 3.63) is 23.8 Å². The first kappa shape index (κ1) is 11.8. The SMILES string of the molecule is CC#C/C=C\C(=C/CC)C(F)(F)F. The lowest BCUT2D eigenvalue weighted by Gasteiger charge is -2.05. The molecule has 0 aliphatic heterocycles. The molecule has 3 heteroatoms. The molecule has 0 nitrogen and oxygen atoms in total. The van der Waals surface area contributed by atoms with Crippen LogP contribution in [0.4, 0.5) is 13.2 Å². The predicted octanol–water partition coefficient (Wildman–Crippen LogP) is 3.46. The average Bonchev–Trinajstić information content (AvgIpc) is 2.01. The van der Waals surface area contributed by atoms with Crippen LogP contribution in [0.3, 0.4) is 0 Å². The minimum atomic E-state index is -4.28. The summed E-state index contributed by atoms with van der Waals surface area (Å²) < 4.78 is 36.5. The van der Waals surface area contributed by atoms with E-state index >= 15 is 0 Å². The van der Waals surface area contributed by atoms with Gasteiger partial charge in [-0.05, 0) is 25.5 Å². The molecule has 13 heavy (non-hydrogen) atoms. The zero-order valence-electron chi connectivity index (χ0n) is 7.57. The molecule has 0 aliphatic rings. The molecule has 0 aromatic rings. The summed E-state index contributed by atoms with van der Waals surface area (Å²) in [6.45, 7) is 3.23. The first-order valence-electron chi connectivity index (χ1n) is 3.88. The van der Waals surface area contributed by atoms with E-state index in [1.54, 1.807) is 13.8 Å². The number of hydrogen-bond donors (Lipinski definition) is 0. The molecule has 0 aromatic heterocycles. The minimum absolute atomic E-state index is 0.360. The van der Waals surface area contributed by atoms with E-state index in [1.165, 1.54) is 6.08 Å². The molecule has 0 amide bonds. The van der Waals surface area contributed by atoms with E-state index in [1.807, 2.05) is 0 Å². The van der Waals surface area contributed by atoms with Gasteiger partial charge in [0.25, 0.3) is 0 Å². The van der Waals surface area contributed by atoms with Crippen molar-refractivity contribution in [2.24, 2.45) is 0 Å². The second-order valence-electron chi connectivity index (χ2n) is 2.29. The third-order valence-electron chi connectivity index (χ3n) is 1.24. The molecule has 0 saturated heterocycles. The van der Waals surface area contributed by atoms with Crippen LogP contribution in [-0.2, 0) is 0 Å². The second kappa shape index (κ2) is 5.47. The van der Waals surface area contributed by atoms with Crippen LogP contribution in [-0.4, -0.2) is 6.18 Å². The van der Waals surface area contributed by atoms with Gasteiger partial charge >= 0.3 is 6.18 Å². The lowest BCUT2D eigenvalue weighted by Crippen LogP contribution is -2.09. The number of alkyl halides is 3. The van der Waals surface area contributed by atoms with Gasteiger partial charge in [-0.2, -0.15) is 13.2 Å². The molecule has 0 bridgehead atoms. The van der Waals surface area contributed by atoms with Gasteiger partial charge in [0.1, 0.15) is 0 Å². The van der Waals surface area contributed by atoms with E-state index in [9.17, 15) is 13.2 Å². The molecule has 0 N–H and O–H groups in total. The van der Waals surface area contributed by atoms with E-state index in [0.29, 0.717) is 6.42 Å². The topological polar surface area (TPSA) is 0 Å². The Hall–Kier alpha value is -1.17. The highest BCUT2D eigenvalue weighted by atomic mass is 19.4. The van der Waals surface area contributed by atoms with Crippen LogP contribution in [0.5, 0.6) is 0 Å². The van der Waals surface area contributed by atoms with Crippen molar-refractivity contribution < 1.29 is 13.2 Å². The van der Waals surface area contributed by atoms with E-state index in [4.69, 9.17) is 0 Å². The molecule has 0 saturated carbocycles. The molecular formula is C10H11F3. The lowest BCUT2D eigenvalue weighted by molar-refractivity contribution is -0.0884. The fourth-order valence-corrected chi connectivity index (χ4v) is 0.713. The van der Waals surface area contributed by atoms with Gasteiger partial charge in [-0.1, -0.05) is 18.9 Å². The van der Waals surface area contributed by atoms with Crippen molar-refractivity contribution in [2.45, 2.75) is 26.4 Å². The van der Waals surface area contributed by atoms with E-state index in [0.717, 1.165) is 12.2 Å². The third kappa shape index (κ3) is 5.13. The Balaban J connectivity index is 4.62. The predicted molar refractivity (Wildman–Crippen MR) is 47.0 cm³/mol. The van der Waals surface area contributed by atoms with Gasteiger partial charge in [-0.25, -0.2) is 0 Å². The van der Waals surface area contributed by atoms with Crippen molar-refractivity contribution in [3.8, 4) is 11.8 Å². The molecular weight excluding hydrogens is 177 g/mol. The minimum Gasteiger partial charge on any atom is -0.166 e. The smallest absolute Gasteiger partial charge is 0.166 e. The monoisotopic (exact) mass is 188 g/mol. The zero-order chi connectivity index (χ0) is 10.3. The van der Waals surface area contributed by atoms with E-state index < -0.39 is 11.7 Å². The lowest BCUT2D eigenvalue weighted by atomic mass is 10.2. The highest BCUT2D eigenvalue weighted by Crippen LogP contribution is 2.26.